The zero-order valence-electron chi connectivity index (χ0n) is 16.9. The summed E-state index contributed by atoms with van der Waals surface area (Å²) in [5.74, 6) is 0.527. The quantitative estimate of drug-likeness (QED) is 0.504. The zero-order valence-corrected chi connectivity index (χ0v) is 16.9. The minimum atomic E-state index is -0.313. The molecule has 3 aromatic carbocycles. The van der Waals surface area contributed by atoms with Crippen molar-refractivity contribution in [2.45, 2.75) is 0 Å². The second-order valence-electron chi connectivity index (χ2n) is 6.61. The van der Waals surface area contributed by atoms with Gasteiger partial charge in [-0.1, -0.05) is 5.21 Å². The maximum absolute atomic E-state index is 13.2. The molecule has 0 saturated heterocycles. The molecule has 7 nitrogen and oxygen atoms in total. The van der Waals surface area contributed by atoms with Crippen LogP contribution in [0.15, 0.2) is 72.9 Å². The van der Waals surface area contributed by atoms with Crippen LogP contribution in [0.3, 0.4) is 0 Å². The van der Waals surface area contributed by atoms with Gasteiger partial charge in [0.2, 0.25) is 0 Å². The van der Waals surface area contributed by atoms with E-state index in [-0.39, 0.29) is 11.7 Å². The van der Waals surface area contributed by atoms with Crippen molar-refractivity contribution in [3.8, 4) is 28.4 Å². The summed E-state index contributed by atoms with van der Waals surface area (Å²) in [6, 6.07) is 18.2. The maximum atomic E-state index is 13.2. The third-order valence-corrected chi connectivity index (χ3v) is 4.72. The van der Waals surface area contributed by atoms with Crippen molar-refractivity contribution < 1.29 is 18.7 Å². The molecule has 0 aliphatic heterocycles. The van der Waals surface area contributed by atoms with Crippen molar-refractivity contribution in [2.75, 3.05) is 19.5 Å². The first-order valence-corrected chi connectivity index (χ1v) is 9.39. The van der Waals surface area contributed by atoms with Gasteiger partial charge in [0.15, 0.2) is 0 Å². The lowest BCUT2D eigenvalue weighted by Crippen LogP contribution is -2.13. The smallest absolute Gasteiger partial charge is 0.255 e. The number of nitrogens with one attached hydrogen (secondary N) is 1. The Kier molecular flexibility index (Phi) is 5.61. The molecule has 0 atom stereocenters. The number of aromatic nitrogens is 3. The average Bonchev–Trinajstić information content (AvgIpc) is 3.30. The number of amides is 1. The monoisotopic (exact) mass is 418 g/mol. The predicted octanol–water partition coefficient (Wildman–Crippen LogP) is 4.34. The van der Waals surface area contributed by atoms with E-state index in [9.17, 15) is 9.18 Å². The lowest BCUT2D eigenvalue weighted by atomic mass is 10.1. The van der Waals surface area contributed by atoms with Crippen molar-refractivity contribution in [1.29, 1.82) is 0 Å². The number of ether oxygens (including phenoxy) is 2. The summed E-state index contributed by atoms with van der Waals surface area (Å²) < 4.78 is 25.3. The van der Waals surface area contributed by atoms with Gasteiger partial charge in [-0.05, 0) is 60.7 Å². The molecule has 0 spiro atoms. The molecule has 0 aliphatic carbocycles. The van der Waals surface area contributed by atoms with Gasteiger partial charge in [0.05, 0.1) is 37.5 Å². The number of benzene rings is 3. The molecule has 4 rings (SSSR count). The third-order valence-electron chi connectivity index (χ3n) is 4.72. The molecular formula is C23H19FN4O3. The average molecular weight is 418 g/mol. The Morgan fingerprint density at radius 2 is 1.71 bits per heavy atom. The van der Waals surface area contributed by atoms with Gasteiger partial charge in [-0.2, -0.15) is 0 Å². The fourth-order valence-corrected chi connectivity index (χ4v) is 3.09. The standard InChI is InChI=1S/C23H19FN4O3/c1-30-19-11-12-20(22(13-19)31-2)26-23(29)16-5-9-18(10-6-16)28-21(14-25-27-28)15-3-7-17(24)8-4-15/h3-14H,1-2H3,(H,26,29). The summed E-state index contributed by atoms with van der Waals surface area (Å²) in [5.41, 5.74) is 3.20. The fourth-order valence-electron chi connectivity index (χ4n) is 3.09. The molecule has 4 aromatic rings. The van der Waals surface area contributed by atoms with E-state index in [4.69, 9.17) is 9.47 Å². The summed E-state index contributed by atoms with van der Waals surface area (Å²) in [4.78, 5) is 12.7. The van der Waals surface area contributed by atoms with E-state index in [1.54, 1.807) is 72.6 Å². The van der Waals surface area contributed by atoms with Gasteiger partial charge in [0.25, 0.3) is 5.91 Å². The van der Waals surface area contributed by atoms with Crippen LogP contribution in [0.2, 0.25) is 0 Å². The van der Waals surface area contributed by atoms with Gasteiger partial charge < -0.3 is 14.8 Å². The van der Waals surface area contributed by atoms with E-state index in [0.29, 0.717) is 28.4 Å². The Labute approximate surface area is 178 Å². The molecule has 31 heavy (non-hydrogen) atoms. The number of rotatable bonds is 6. The highest BCUT2D eigenvalue weighted by molar-refractivity contribution is 6.05. The highest BCUT2D eigenvalue weighted by Crippen LogP contribution is 2.29. The van der Waals surface area contributed by atoms with Gasteiger partial charge in [0, 0.05) is 17.2 Å². The van der Waals surface area contributed by atoms with Gasteiger partial charge in [0.1, 0.15) is 17.3 Å². The zero-order chi connectivity index (χ0) is 21.8. The number of carbonyl (C=O) groups excluding carboxylic acids is 1. The van der Waals surface area contributed by atoms with Crippen LogP contribution in [0.1, 0.15) is 10.4 Å². The van der Waals surface area contributed by atoms with Crippen LogP contribution in [0.4, 0.5) is 10.1 Å². The summed E-state index contributed by atoms with van der Waals surface area (Å²) in [7, 11) is 3.08. The van der Waals surface area contributed by atoms with Gasteiger partial charge in [-0.15, -0.1) is 5.10 Å². The fraction of sp³-hybridized carbons (Fsp3) is 0.0870. The number of methoxy groups -OCH3 is 2. The summed E-state index contributed by atoms with van der Waals surface area (Å²) >= 11 is 0. The number of anilines is 1. The van der Waals surface area contributed by atoms with Crippen LogP contribution in [0.25, 0.3) is 16.9 Å². The Bertz CT molecular complexity index is 1200. The molecule has 156 valence electrons. The molecule has 0 saturated carbocycles. The Morgan fingerprint density at radius 1 is 0.968 bits per heavy atom. The van der Waals surface area contributed by atoms with Crippen LogP contribution in [-0.2, 0) is 0 Å². The maximum Gasteiger partial charge on any atom is 0.255 e. The Morgan fingerprint density at radius 3 is 2.39 bits per heavy atom. The van der Waals surface area contributed by atoms with Crippen molar-refractivity contribution in [3.63, 3.8) is 0 Å². The van der Waals surface area contributed by atoms with Crippen LogP contribution in [0, 0.1) is 5.82 Å². The molecule has 0 bridgehead atoms. The normalized spacial score (nSPS) is 10.5. The second-order valence-corrected chi connectivity index (χ2v) is 6.61. The minimum Gasteiger partial charge on any atom is -0.497 e. The molecule has 1 N–H and O–H groups in total. The van der Waals surface area contributed by atoms with E-state index >= 15 is 0 Å². The second kappa shape index (κ2) is 8.66. The number of nitrogens with zero attached hydrogens (tertiary/aromatic N) is 3. The van der Waals surface area contributed by atoms with Crippen molar-refractivity contribution in [1.82, 2.24) is 15.0 Å². The van der Waals surface area contributed by atoms with E-state index in [1.807, 2.05) is 0 Å². The van der Waals surface area contributed by atoms with E-state index in [1.165, 1.54) is 19.2 Å². The van der Waals surface area contributed by atoms with Crippen LogP contribution >= 0.6 is 0 Å². The molecule has 0 fully saturated rings. The van der Waals surface area contributed by atoms with Crippen molar-refractivity contribution >= 4 is 11.6 Å². The molecule has 1 amide bonds. The molecule has 1 aromatic heterocycles. The van der Waals surface area contributed by atoms with Crippen molar-refractivity contribution in [2.24, 2.45) is 0 Å². The molecule has 0 aliphatic rings. The lowest BCUT2D eigenvalue weighted by Gasteiger charge is -2.12. The van der Waals surface area contributed by atoms with E-state index in [0.717, 1.165) is 11.3 Å². The molecule has 0 radical (unpaired) electrons. The topological polar surface area (TPSA) is 78.3 Å². The van der Waals surface area contributed by atoms with Crippen LogP contribution in [0.5, 0.6) is 11.5 Å². The number of halogens is 1. The Balaban J connectivity index is 1.55. The predicted molar refractivity (Wildman–Crippen MR) is 114 cm³/mol. The van der Waals surface area contributed by atoms with Gasteiger partial charge >= 0.3 is 0 Å². The molecule has 0 unspecified atom stereocenters. The number of hydrogen-bond donors (Lipinski definition) is 1. The first kappa shape index (κ1) is 20.1. The third kappa shape index (κ3) is 4.23. The van der Waals surface area contributed by atoms with Crippen LogP contribution in [-0.4, -0.2) is 35.1 Å². The largest absolute Gasteiger partial charge is 0.497 e. The Hall–Kier alpha value is -4.20. The lowest BCUT2D eigenvalue weighted by molar-refractivity contribution is 0.102. The van der Waals surface area contributed by atoms with E-state index in [2.05, 4.69) is 15.6 Å². The molecular weight excluding hydrogens is 399 g/mol. The summed E-state index contributed by atoms with van der Waals surface area (Å²) in [6.07, 6.45) is 1.60. The first-order valence-electron chi connectivity index (χ1n) is 9.39. The first-order chi connectivity index (χ1) is 15.1. The van der Waals surface area contributed by atoms with Gasteiger partial charge in [-0.3, -0.25) is 4.79 Å². The summed E-state index contributed by atoms with van der Waals surface area (Å²) in [6.45, 7) is 0. The van der Waals surface area contributed by atoms with E-state index < -0.39 is 0 Å². The molecule has 8 heteroatoms. The summed E-state index contributed by atoms with van der Waals surface area (Å²) in [5, 5.41) is 10.9. The number of carbonyl (C=O) groups is 1. The highest BCUT2D eigenvalue weighted by Gasteiger charge is 2.13. The highest BCUT2D eigenvalue weighted by atomic mass is 19.1. The minimum absolute atomic E-state index is 0.285. The van der Waals surface area contributed by atoms with Crippen molar-refractivity contribution in [3.05, 3.63) is 84.3 Å². The number of hydrogen-bond acceptors (Lipinski definition) is 5. The molecule has 1 heterocycles. The van der Waals surface area contributed by atoms with Crippen LogP contribution < -0.4 is 14.8 Å². The SMILES string of the molecule is COc1ccc(NC(=O)c2ccc(-n3nncc3-c3ccc(F)cc3)cc2)c(OC)c1. The van der Waals surface area contributed by atoms with Gasteiger partial charge in [-0.25, -0.2) is 9.07 Å².